The lowest BCUT2D eigenvalue weighted by atomic mass is 10.0. The number of fused-ring (bicyclic) bond motifs is 1. The molecule has 0 saturated carbocycles. The fourth-order valence-electron chi connectivity index (χ4n) is 3.44. The molecule has 1 aliphatic heterocycles. The largest absolute Gasteiger partial charge is 0.496 e. The summed E-state index contributed by atoms with van der Waals surface area (Å²) >= 11 is 0. The van der Waals surface area contributed by atoms with Crippen LogP contribution < -0.4 is 14.2 Å². The van der Waals surface area contributed by atoms with Gasteiger partial charge in [0.1, 0.15) is 35.2 Å². The Hall–Kier alpha value is -4.33. The third-order valence-corrected chi connectivity index (χ3v) is 4.95. The zero-order valence-electron chi connectivity index (χ0n) is 17.4. The van der Waals surface area contributed by atoms with Crippen LogP contribution in [0.25, 0.3) is 11.8 Å². The molecule has 4 rings (SSSR count). The van der Waals surface area contributed by atoms with Crippen LogP contribution in [0.5, 0.6) is 17.2 Å². The number of methoxy groups -OCH3 is 2. The van der Waals surface area contributed by atoms with E-state index in [9.17, 15) is 14.9 Å². The van der Waals surface area contributed by atoms with E-state index in [2.05, 4.69) is 0 Å². The molecule has 0 radical (unpaired) electrons. The van der Waals surface area contributed by atoms with Crippen molar-refractivity contribution in [2.75, 3.05) is 14.2 Å². The molecule has 1 aliphatic rings. The molecule has 3 aromatic carbocycles. The number of hydrogen-bond donors (Lipinski definition) is 0. The number of carbonyl (C=O) groups excluding carboxylic acids is 1. The lowest BCUT2D eigenvalue weighted by Crippen LogP contribution is -1.99. The maximum atomic E-state index is 12.5. The van der Waals surface area contributed by atoms with Crippen molar-refractivity contribution in [1.82, 2.24) is 0 Å². The normalized spacial score (nSPS) is 13.4. The van der Waals surface area contributed by atoms with Gasteiger partial charge in [-0.1, -0.05) is 30.3 Å². The molecule has 0 aromatic heterocycles. The summed E-state index contributed by atoms with van der Waals surface area (Å²) in [5.74, 6) is 0.652. The highest BCUT2D eigenvalue weighted by molar-refractivity contribution is 6.09. The van der Waals surface area contributed by atoms with Crippen molar-refractivity contribution in [2.45, 2.75) is 6.61 Å². The number of benzene rings is 3. The average molecular weight is 433 g/mol. The topological polar surface area (TPSA) is 97.1 Å². The molecular formula is C24H19NO7. The van der Waals surface area contributed by atoms with E-state index in [0.717, 1.165) is 5.56 Å². The molecule has 32 heavy (non-hydrogen) atoms. The minimum absolute atomic E-state index is 0.129. The molecule has 0 N–H and O–H groups in total. The minimum Gasteiger partial charge on any atom is -0.496 e. The SMILES string of the molecule is COc1ccc(OC)c2c1C(=O)O/C2=C/c1cc(OCc2ccccc2)ccc1[N+](=O)[O-]. The predicted molar refractivity (Wildman–Crippen MR) is 117 cm³/mol. The van der Waals surface area contributed by atoms with E-state index in [4.69, 9.17) is 18.9 Å². The van der Waals surface area contributed by atoms with Gasteiger partial charge in [0.05, 0.1) is 30.3 Å². The van der Waals surface area contributed by atoms with Gasteiger partial charge < -0.3 is 18.9 Å². The van der Waals surface area contributed by atoms with Crippen LogP contribution in [0.15, 0.2) is 60.7 Å². The van der Waals surface area contributed by atoms with Crippen molar-refractivity contribution in [2.24, 2.45) is 0 Å². The quantitative estimate of drug-likeness (QED) is 0.298. The first-order valence-electron chi connectivity index (χ1n) is 9.66. The van der Waals surface area contributed by atoms with Gasteiger partial charge in [0.15, 0.2) is 0 Å². The molecule has 0 atom stereocenters. The molecular weight excluding hydrogens is 414 g/mol. The number of rotatable bonds is 7. The number of ether oxygens (including phenoxy) is 4. The molecule has 0 spiro atoms. The number of nitrogens with zero attached hydrogens (tertiary/aromatic N) is 1. The summed E-state index contributed by atoms with van der Waals surface area (Å²) in [6.07, 6.45) is 1.43. The van der Waals surface area contributed by atoms with Crippen molar-refractivity contribution in [3.05, 3.63) is 93.0 Å². The zero-order chi connectivity index (χ0) is 22.7. The zero-order valence-corrected chi connectivity index (χ0v) is 17.4. The minimum atomic E-state index is -0.624. The average Bonchev–Trinajstić information content (AvgIpc) is 3.14. The highest BCUT2D eigenvalue weighted by Gasteiger charge is 2.34. The van der Waals surface area contributed by atoms with E-state index in [1.807, 2.05) is 30.3 Å². The second kappa shape index (κ2) is 8.81. The van der Waals surface area contributed by atoms with Gasteiger partial charge in [-0.05, 0) is 35.9 Å². The smallest absolute Gasteiger partial charge is 0.348 e. The molecule has 0 fully saturated rings. The molecule has 8 nitrogen and oxygen atoms in total. The number of hydrogen-bond acceptors (Lipinski definition) is 7. The van der Waals surface area contributed by atoms with Crippen LogP contribution in [-0.2, 0) is 11.3 Å². The highest BCUT2D eigenvalue weighted by atomic mass is 16.6. The Balaban J connectivity index is 1.75. The Morgan fingerprint density at radius 3 is 2.31 bits per heavy atom. The number of cyclic esters (lactones) is 1. The number of esters is 1. The van der Waals surface area contributed by atoms with Crippen LogP contribution >= 0.6 is 0 Å². The Morgan fingerprint density at radius 1 is 0.969 bits per heavy atom. The molecule has 0 saturated heterocycles. The van der Waals surface area contributed by atoms with Gasteiger partial charge in [-0.15, -0.1) is 0 Å². The van der Waals surface area contributed by atoms with E-state index < -0.39 is 10.9 Å². The third kappa shape index (κ3) is 3.98. The highest BCUT2D eigenvalue weighted by Crippen LogP contribution is 2.43. The monoisotopic (exact) mass is 433 g/mol. The number of carbonyl (C=O) groups is 1. The summed E-state index contributed by atoms with van der Waals surface area (Å²) in [6, 6.07) is 17.2. The number of nitro groups is 1. The summed E-state index contributed by atoms with van der Waals surface area (Å²) in [4.78, 5) is 23.6. The molecule has 0 amide bonds. The van der Waals surface area contributed by atoms with Gasteiger partial charge in [0.2, 0.25) is 0 Å². The molecule has 162 valence electrons. The van der Waals surface area contributed by atoms with Crippen LogP contribution in [0.1, 0.15) is 27.0 Å². The molecule has 0 aliphatic carbocycles. The van der Waals surface area contributed by atoms with Crippen LogP contribution in [0.2, 0.25) is 0 Å². The van der Waals surface area contributed by atoms with Crippen LogP contribution in [-0.4, -0.2) is 25.1 Å². The Morgan fingerprint density at radius 2 is 1.66 bits per heavy atom. The molecule has 3 aromatic rings. The van der Waals surface area contributed by atoms with Crippen LogP contribution in [0.4, 0.5) is 5.69 Å². The summed E-state index contributed by atoms with van der Waals surface area (Å²) in [5, 5.41) is 11.6. The van der Waals surface area contributed by atoms with E-state index in [1.54, 1.807) is 12.1 Å². The van der Waals surface area contributed by atoms with Crippen molar-refractivity contribution < 1.29 is 28.7 Å². The summed E-state index contributed by atoms with van der Waals surface area (Å²) in [6.45, 7) is 0.303. The lowest BCUT2D eigenvalue weighted by Gasteiger charge is -2.10. The summed E-state index contributed by atoms with van der Waals surface area (Å²) < 4.78 is 21.9. The van der Waals surface area contributed by atoms with E-state index in [1.165, 1.54) is 38.5 Å². The maximum Gasteiger partial charge on any atom is 0.348 e. The summed E-state index contributed by atoms with van der Waals surface area (Å²) in [5.41, 5.74) is 1.61. The van der Waals surface area contributed by atoms with Crippen molar-refractivity contribution >= 4 is 23.5 Å². The van der Waals surface area contributed by atoms with E-state index in [0.29, 0.717) is 29.4 Å². The molecule has 0 unspecified atom stereocenters. The maximum absolute atomic E-state index is 12.5. The molecule has 0 bridgehead atoms. The Bertz CT molecular complexity index is 1220. The third-order valence-electron chi connectivity index (χ3n) is 4.95. The van der Waals surface area contributed by atoms with Crippen molar-refractivity contribution in [1.29, 1.82) is 0 Å². The van der Waals surface area contributed by atoms with Crippen molar-refractivity contribution in [3.63, 3.8) is 0 Å². The first-order valence-corrected chi connectivity index (χ1v) is 9.66. The standard InChI is InChI=1S/C24H19NO7/c1-29-19-10-11-20(30-2)23-22(19)21(32-24(23)26)13-16-12-17(8-9-18(16)25(27)28)31-14-15-6-4-3-5-7-15/h3-13H,14H2,1-2H3/b21-13+. The van der Waals surface area contributed by atoms with Crippen LogP contribution in [0.3, 0.4) is 0 Å². The fraction of sp³-hybridized carbons (Fsp3) is 0.125. The van der Waals surface area contributed by atoms with Gasteiger partial charge >= 0.3 is 5.97 Å². The van der Waals surface area contributed by atoms with E-state index in [-0.39, 0.29) is 22.6 Å². The first-order chi connectivity index (χ1) is 15.5. The van der Waals surface area contributed by atoms with Gasteiger partial charge in [-0.3, -0.25) is 10.1 Å². The van der Waals surface area contributed by atoms with Gasteiger partial charge in [0.25, 0.3) is 5.69 Å². The van der Waals surface area contributed by atoms with Crippen molar-refractivity contribution in [3.8, 4) is 17.2 Å². The Labute approximate surface area is 183 Å². The van der Waals surface area contributed by atoms with Gasteiger partial charge in [0, 0.05) is 6.07 Å². The predicted octanol–water partition coefficient (Wildman–Crippen LogP) is 4.86. The first kappa shape index (κ1) is 20.9. The molecule has 8 heteroatoms. The Kier molecular flexibility index (Phi) is 5.76. The van der Waals surface area contributed by atoms with Gasteiger partial charge in [-0.25, -0.2) is 4.79 Å². The lowest BCUT2D eigenvalue weighted by molar-refractivity contribution is -0.385. The fourth-order valence-corrected chi connectivity index (χ4v) is 3.44. The van der Waals surface area contributed by atoms with E-state index >= 15 is 0 Å². The van der Waals surface area contributed by atoms with Gasteiger partial charge in [-0.2, -0.15) is 0 Å². The second-order valence-corrected chi connectivity index (χ2v) is 6.87. The second-order valence-electron chi connectivity index (χ2n) is 6.87. The number of nitro benzene ring substituents is 1. The molecule has 1 heterocycles. The van der Waals surface area contributed by atoms with Crippen LogP contribution in [0, 0.1) is 10.1 Å². The summed E-state index contributed by atoms with van der Waals surface area (Å²) in [7, 11) is 2.90.